The molecule has 0 radical (unpaired) electrons. The minimum absolute atomic E-state index is 0.606. The molecule has 1 nitrogen and oxygen atoms in total. The highest BCUT2D eigenvalue weighted by molar-refractivity contribution is 5.24. The maximum Gasteiger partial charge on any atom is 0.0207 e. The average molecular weight is 219 g/mol. The van der Waals surface area contributed by atoms with Gasteiger partial charge >= 0.3 is 0 Å². The van der Waals surface area contributed by atoms with Crippen LogP contribution in [0.5, 0.6) is 0 Å². The van der Waals surface area contributed by atoms with Gasteiger partial charge in [-0.1, -0.05) is 45.0 Å². The molecule has 1 rings (SSSR count). The first-order valence-corrected chi connectivity index (χ1v) is 6.49. The summed E-state index contributed by atoms with van der Waals surface area (Å²) in [5, 5.41) is 3.51. The SMILES string of the molecule is CCC(C)NCc1ccc(C(C)CC)cc1. The molecule has 0 aromatic heterocycles. The van der Waals surface area contributed by atoms with Crippen LogP contribution >= 0.6 is 0 Å². The largest absolute Gasteiger partial charge is 0.310 e. The molecule has 0 saturated heterocycles. The van der Waals surface area contributed by atoms with E-state index in [9.17, 15) is 0 Å². The molecule has 90 valence electrons. The molecule has 1 heteroatoms. The second-order valence-electron chi connectivity index (χ2n) is 4.74. The normalized spacial score (nSPS) is 14.8. The lowest BCUT2D eigenvalue weighted by Crippen LogP contribution is -2.24. The van der Waals surface area contributed by atoms with Crippen LogP contribution in [0.3, 0.4) is 0 Å². The molecule has 1 N–H and O–H groups in total. The number of rotatable bonds is 6. The van der Waals surface area contributed by atoms with Crippen molar-refractivity contribution in [3.8, 4) is 0 Å². The highest BCUT2D eigenvalue weighted by atomic mass is 14.9. The van der Waals surface area contributed by atoms with Gasteiger partial charge in [-0.2, -0.15) is 0 Å². The van der Waals surface area contributed by atoms with Gasteiger partial charge in [0.2, 0.25) is 0 Å². The fourth-order valence-corrected chi connectivity index (χ4v) is 1.64. The van der Waals surface area contributed by atoms with E-state index in [-0.39, 0.29) is 0 Å². The molecule has 0 spiro atoms. The van der Waals surface area contributed by atoms with E-state index in [0.29, 0.717) is 12.0 Å². The Kier molecular flexibility index (Phi) is 5.54. The quantitative estimate of drug-likeness (QED) is 0.760. The second kappa shape index (κ2) is 6.70. The highest BCUT2D eigenvalue weighted by Gasteiger charge is 2.03. The first-order valence-electron chi connectivity index (χ1n) is 6.49. The van der Waals surface area contributed by atoms with E-state index in [1.165, 1.54) is 24.0 Å². The van der Waals surface area contributed by atoms with Crippen LogP contribution in [0.25, 0.3) is 0 Å². The smallest absolute Gasteiger partial charge is 0.0207 e. The summed E-state index contributed by atoms with van der Waals surface area (Å²) in [6.07, 6.45) is 2.40. The lowest BCUT2D eigenvalue weighted by atomic mass is 9.97. The summed E-state index contributed by atoms with van der Waals surface area (Å²) >= 11 is 0. The Bertz CT molecular complexity index is 289. The van der Waals surface area contributed by atoms with Gasteiger partial charge in [0.05, 0.1) is 0 Å². The topological polar surface area (TPSA) is 12.0 Å². The van der Waals surface area contributed by atoms with Crippen LogP contribution in [0, 0.1) is 0 Å². The summed E-state index contributed by atoms with van der Waals surface area (Å²) in [6, 6.07) is 9.63. The molecule has 0 aliphatic rings. The van der Waals surface area contributed by atoms with Crippen LogP contribution in [-0.4, -0.2) is 6.04 Å². The molecule has 2 unspecified atom stereocenters. The van der Waals surface area contributed by atoms with Gasteiger partial charge in [0, 0.05) is 12.6 Å². The molecule has 0 heterocycles. The fraction of sp³-hybridized carbons (Fsp3) is 0.600. The molecule has 1 aromatic carbocycles. The van der Waals surface area contributed by atoms with Gasteiger partial charge in [0.1, 0.15) is 0 Å². The summed E-state index contributed by atoms with van der Waals surface area (Å²) in [4.78, 5) is 0. The van der Waals surface area contributed by atoms with E-state index in [1.807, 2.05) is 0 Å². The van der Waals surface area contributed by atoms with Gasteiger partial charge in [-0.05, 0) is 36.8 Å². The summed E-state index contributed by atoms with van der Waals surface area (Å²) in [5.41, 5.74) is 2.84. The molecule has 0 bridgehead atoms. The average Bonchev–Trinajstić information content (AvgIpc) is 2.35. The van der Waals surface area contributed by atoms with Crippen molar-refractivity contribution in [3.05, 3.63) is 35.4 Å². The molecular weight excluding hydrogens is 194 g/mol. The summed E-state index contributed by atoms with van der Waals surface area (Å²) in [7, 11) is 0. The van der Waals surface area contributed by atoms with E-state index in [2.05, 4.69) is 57.3 Å². The van der Waals surface area contributed by atoms with Crippen molar-refractivity contribution in [1.29, 1.82) is 0 Å². The van der Waals surface area contributed by atoms with Crippen LogP contribution in [0.4, 0.5) is 0 Å². The van der Waals surface area contributed by atoms with Gasteiger partial charge < -0.3 is 5.32 Å². The minimum atomic E-state index is 0.606. The van der Waals surface area contributed by atoms with Gasteiger partial charge in [-0.3, -0.25) is 0 Å². The Balaban J connectivity index is 2.51. The van der Waals surface area contributed by atoms with E-state index in [1.54, 1.807) is 0 Å². The standard InChI is InChI=1S/C15H25N/c1-5-12(3)15-9-7-14(8-10-15)11-16-13(4)6-2/h7-10,12-13,16H,5-6,11H2,1-4H3. The Morgan fingerprint density at radius 2 is 1.62 bits per heavy atom. The number of hydrogen-bond donors (Lipinski definition) is 1. The predicted octanol–water partition coefficient (Wildman–Crippen LogP) is 4.09. The third-order valence-electron chi connectivity index (χ3n) is 3.43. The zero-order chi connectivity index (χ0) is 12.0. The molecule has 2 atom stereocenters. The van der Waals surface area contributed by atoms with E-state index >= 15 is 0 Å². The Morgan fingerprint density at radius 3 is 2.12 bits per heavy atom. The van der Waals surface area contributed by atoms with Crippen molar-refractivity contribution in [2.24, 2.45) is 0 Å². The van der Waals surface area contributed by atoms with E-state index < -0.39 is 0 Å². The lowest BCUT2D eigenvalue weighted by molar-refractivity contribution is 0.534. The number of hydrogen-bond acceptors (Lipinski definition) is 1. The third kappa shape index (κ3) is 3.97. The maximum absolute atomic E-state index is 3.51. The van der Waals surface area contributed by atoms with Crippen molar-refractivity contribution >= 4 is 0 Å². The third-order valence-corrected chi connectivity index (χ3v) is 3.43. The zero-order valence-electron chi connectivity index (χ0n) is 11.1. The van der Waals surface area contributed by atoms with Gasteiger partial charge in [-0.25, -0.2) is 0 Å². The first kappa shape index (κ1) is 13.2. The lowest BCUT2D eigenvalue weighted by Gasteiger charge is -2.13. The number of nitrogens with one attached hydrogen (secondary N) is 1. The van der Waals surface area contributed by atoms with Crippen LogP contribution < -0.4 is 5.32 Å². The van der Waals surface area contributed by atoms with Crippen LogP contribution in [0.2, 0.25) is 0 Å². The van der Waals surface area contributed by atoms with E-state index in [4.69, 9.17) is 0 Å². The summed E-state index contributed by atoms with van der Waals surface area (Å²) < 4.78 is 0. The van der Waals surface area contributed by atoms with E-state index in [0.717, 1.165) is 6.54 Å². The van der Waals surface area contributed by atoms with Crippen molar-refractivity contribution in [3.63, 3.8) is 0 Å². The molecule has 0 aliphatic carbocycles. The van der Waals surface area contributed by atoms with Crippen LogP contribution in [0.1, 0.15) is 57.6 Å². The van der Waals surface area contributed by atoms with Gasteiger partial charge in [0.15, 0.2) is 0 Å². The molecule has 0 amide bonds. The van der Waals surface area contributed by atoms with Crippen LogP contribution in [0.15, 0.2) is 24.3 Å². The minimum Gasteiger partial charge on any atom is -0.310 e. The molecule has 1 aromatic rings. The van der Waals surface area contributed by atoms with Crippen LogP contribution in [-0.2, 0) is 6.54 Å². The zero-order valence-corrected chi connectivity index (χ0v) is 11.1. The highest BCUT2D eigenvalue weighted by Crippen LogP contribution is 2.18. The van der Waals surface area contributed by atoms with Crippen molar-refractivity contribution in [2.45, 2.75) is 59.0 Å². The monoisotopic (exact) mass is 219 g/mol. The summed E-state index contributed by atoms with van der Waals surface area (Å²) in [6.45, 7) is 9.95. The molecule has 0 saturated carbocycles. The van der Waals surface area contributed by atoms with Crippen molar-refractivity contribution < 1.29 is 0 Å². The molecule has 0 fully saturated rings. The Labute approximate surface area is 100 Å². The molecule has 0 aliphatic heterocycles. The van der Waals surface area contributed by atoms with Gasteiger partial charge in [0.25, 0.3) is 0 Å². The first-order chi connectivity index (χ1) is 7.67. The fourth-order valence-electron chi connectivity index (χ4n) is 1.64. The maximum atomic E-state index is 3.51. The Hall–Kier alpha value is -0.820. The van der Waals surface area contributed by atoms with Crippen molar-refractivity contribution in [2.75, 3.05) is 0 Å². The molecular formula is C15H25N. The summed E-state index contributed by atoms with van der Waals surface area (Å²) in [5.74, 6) is 0.677. The van der Waals surface area contributed by atoms with Crippen molar-refractivity contribution in [1.82, 2.24) is 5.32 Å². The molecule has 16 heavy (non-hydrogen) atoms. The Morgan fingerprint density at radius 1 is 1.00 bits per heavy atom. The number of benzene rings is 1. The predicted molar refractivity (Wildman–Crippen MR) is 71.7 cm³/mol. The second-order valence-corrected chi connectivity index (χ2v) is 4.74. The van der Waals surface area contributed by atoms with Gasteiger partial charge in [-0.15, -0.1) is 0 Å².